The average Bonchev–Trinajstić information content (AvgIpc) is 2.10. The van der Waals surface area contributed by atoms with Crippen molar-refractivity contribution >= 4 is 18.2 Å². The molecule has 0 aromatic carbocycles. The molecule has 2 unspecified atom stereocenters. The number of ether oxygens (including phenoxy) is 2. The van der Waals surface area contributed by atoms with Crippen molar-refractivity contribution in [2.75, 3.05) is 6.61 Å². The molecule has 6 nitrogen and oxygen atoms in total. The first kappa shape index (κ1) is 12.6. The fourth-order valence-electron chi connectivity index (χ4n) is 0.804. The Morgan fingerprint density at radius 2 is 1.79 bits per heavy atom. The summed E-state index contributed by atoms with van der Waals surface area (Å²) in [5.74, 6) is -1.35. The van der Waals surface area contributed by atoms with Gasteiger partial charge in [0.2, 0.25) is 0 Å². The minimum absolute atomic E-state index is 0.297. The van der Waals surface area contributed by atoms with Crippen molar-refractivity contribution < 1.29 is 29.0 Å². The Labute approximate surface area is 80.8 Å². The second-order valence-electron chi connectivity index (χ2n) is 2.54. The van der Waals surface area contributed by atoms with Crippen LogP contribution in [-0.2, 0) is 23.9 Å². The van der Waals surface area contributed by atoms with E-state index < -0.39 is 30.8 Å². The summed E-state index contributed by atoms with van der Waals surface area (Å²) in [6.07, 6.45) is -2.11. The largest absolute Gasteiger partial charge is 0.456 e. The summed E-state index contributed by atoms with van der Waals surface area (Å²) >= 11 is 0. The first-order chi connectivity index (χ1) is 6.51. The van der Waals surface area contributed by atoms with E-state index in [0.717, 1.165) is 13.8 Å². The number of esters is 2. The standard InChI is InChI=1S/C8H12O6/c1-5(11)13-7(3-9)8(4-10)14-6(2)12/h3,7-8,10H,4H2,1-2H3. The molecule has 0 heterocycles. The SMILES string of the molecule is CC(=O)OC(C=O)C(CO)OC(C)=O. The zero-order valence-electron chi connectivity index (χ0n) is 7.93. The molecule has 1 N–H and O–H groups in total. The number of rotatable bonds is 5. The summed E-state index contributed by atoms with van der Waals surface area (Å²) in [6, 6.07) is 0. The third kappa shape index (κ3) is 4.56. The maximum absolute atomic E-state index is 10.5. The van der Waals surface area contributed by atoms with Crippen LogP contribution in [0.1, 0.15) is 13.8 Å². The topological polar surface area (TPSA) is 89.9 Å². The number of hydrogen-bond acceptors (Lipinski definition) is 6. The van der Waals surface area contributed by atoms with E-state index in [2.05, 4.69) is 9.47 Å². The molecule has 0 aliphatic heterocycles. The fraction of sp³-hybridized carbons (Fsp3) is 0.625. The number of carbonyl (C=O) groups excluding carboxylic acids is 3. The number of hydrogen-bond donors (Lipinski definition) is 1. The second-order valence-corrected chi connectivity index (χ2v) is 2.54. The van der Waals surface area contributed by atoms with E-state index in [9.17, 15) is 14.4 Å². The molecule has 0 aromatic heterocycles. The third-order valence-electron chi connectivity index (χ3n) is 1.30. The van der Waals surface area contributed by atoms with Gasteiger partial charge in [-0.1, -0.05) is 0 Å². The van der Waals surface area contributed by atoms with Crippen LogP contribution in [0.5, 0.6) is 0 Å². The smallest absolute Gasteiger partial charge is 0.303 e. The number of aliphatic hydroxyl groups excluding tert-OH is 1. The summed E-state index contributed by atoms with van der Waals surface area (Å²) in [6.45, 7) is 1.65. The Bertz CT molecular complexity index is 224. The maximum atomic E-state index is 10.5. The molecule has 0 rings (SSSR count). The predicted molar refractivity (Wildman–Crippen MR) is 44.3 cm³/mol. The summed E-state index contributed by atoms with van der Waals surface area (Å²) in [5, 5.41) is 8.76. The van der Waals surface area contributed by atoms with Crippen molar-refractivity contribution in [3.05, 3.63) is 0 Å². The Balaban J connectivity index is 4.35. The van der Waals surface area contributed by atoms with Gasteiger partial charge < -0.3 is 14.6 Å². The van der Waals surface area contributed by atoms with Gasteiger partial charge in [0.1, 0.15) is 0 Å². The Hall–Kier alpha value is -1.43. The van der Waals surface area contributed by atoms with E-state index in [1.54, 1.807) is 0 Å². The molecule has 80 valence electrons. The van der Waals surface area contributed by atoms with Crippen LogP contribution in [0.25, 0.3) is 0 Å². The Morgan fingerprint density at radius 3 is 2.07 bits per heavy atom. The summed E-state index contributed by atoms with van der Waals surface area (Å²) in [5.41, 5.74) is 0. The minimum Gasteiger partial charge on any atom is -0.456 e. The lowest BCUT2D eigenvalue weighted by Crippen LogP contribution is -2.38. The summed E-state index contributed by atoms with van der Waals surface area (Å²) in [4.78, 5) is 31.5. The molecular weight excluding hydrogens is 192 g/mol. The quantitative estimate of drug-likeness (QED) is 0.458. The number of aldehydes is 1. The van der Waals surface area contributed by atoms with Crippen LogP contribution < -0.4 is 0 Å². The predicted octanol–water partition coefficient (Wildman–Crippen LogP) is -0.959. The molecule has 0 spiro atoms. The molecule has 0 aliphatic rings. The Kier molecular flexibility index (Phi) is 5.47. The van der Waals surface area contributed by atoms with E-state index in [4.69, 9.17) is 5.11 Å². The molecule has 6 heteroatoms. The first-order valence-electron chi connectivity index (χ1n) is 3.91. The maximum Gasteiger partial charge on any atom is 0.303 e. The normalized spacial score (nSPS) is 13.9. The van der Waals surface area contributed by atoms with E-state index in [1.165, 1.54) is 0 Å². The fourth-order valence-corrected chi connectivity index (χ4v) is 0.804. The van der Waals surface area contributed by atoms with Crippen molar-refractivity contribution in [1.29, 1.82) is 0 Å². The molecule has 14 heavy (non-hydrogen) atoms. The van der Waals surface area contributed by atoms with Crippen molar-refractivity contribution in [2.24, 2.45) is 0 Å². The van der Waals surface area contributed by atoms with Crippen molar-refractivity contribution in [3.8, 4) is 0 Å². The van der Waals surface area contributed by atoms with Gasteiger partial charge in [-0.05, 0) is 0 Å². The molecule has 0 saturated carbocycles. The highest BCUT2D eigenvalue weighted by atomic mass is 16.6. The lowest BCUT2D eigenvalue weighted by molar-refractivity contribution is -0.169. The van der Waals surface area contributed by atoms with E-state index in [-0.39, 0.29) is 0 Å². The van der Waals surface area contributed by atoms with Gasteiger partial charge in [-0.25, -0.2) is 0 Å². The monoisotopic (exact) mass is 204 g/mol. The molecular formula is C8H12O6. The first-order valence-corrected chi connectivity index (χ1v) is 3.91. The molecule has 2 atom stereocenters. The molecule has 0 saturated heterocycles. The second kappa shape index (κ2) is 6.09. The van der Waals surface area contributed by atoms with Gasteiger partial charge in [0.25, 0.3) is 0 Å². The molecule has 0 fully saturated rings. The highest BCUT2D eigenvalue weighted by Crippen LogP contribution is 2.02. The van der Waals surface area contributed by atoms with Gasteiger partial charge in [-0.3, -0.25) is 14.4 Å². The van der Waals surface area contributed by atoms with Crippen LogP contribution in [0.2, 0.25) is 0 Å². The molecule has 0 aliphatic carbocycles. The van der Waals surface area contributed by atoms with Gasteiger partial charge in [-0.15, -0.1) is 0 Å². The third-order valence-corrected chi connectivity index (χ3v) is 1.30. The van der Waals surface area contributed by atoms with Crippen LogP contribution in [0.15, 0.2) is 0 Å². The molecule has 0 aromatic rings. The molecule has 0 amide bonds. The van der Waals surface area contributed by atoms with Crippen LogP contribution in [0, 0.1) is 0 Å². The van der Waals surface area contributed by atoms with Crippen molar-refractivity contribution in [3.63, 3.8) is 0 Å². The highest BCUT2D eigenvalue weighted by molar-refractivity contribution is 5.71. The van der Waals surface area contributed by atoms with Crippen molar-refractivity contribution in [2.45, 2.75) is 26.1 Å². The van der Waals surface area contributed by atoms with Crippen LogP contribution in [0.4, 0.5) is 0 Å². The van der Waals surface area contributed by atoms with Gasteiger partial charge in [0.05, 0.1) is 6.61 Å². The lowest BCUT2D eigenvalue weighted by atomic mass is 10.2. The van der Waals surface area contributed by atoms with Crippen LogP contribution in [0.3, 0.4) is 0 Å². The number of aliphatic hydroxyl groups is 1. The number of carbonyl (C=O) groups is 3. The molecule has 0 bridgehead atoms. The van der Waals surface area contributed by atoms with Gasteiger partial charge in [-0.2, -0.15) is 0 Å². The summed E-state index contributed by atoms with van der Waals surface area (Å²) < 4.78 is 9.07. The van der Waals surface area contributed by atoms with Gasteiger partial charge >= 0.3 is 11.9 Å². The van der Waals surface area contributed by atoms with E-state index >= 15 is 0 Å². The van der Waals surface area contributed by atoms with E-state index in [1.807, 2.05) is 0 Å². The average molecular weight is 204 g/mol. The van der Waals surface area contributed by atoms with Gasteiger partial charge in [0, 0.05) is 13.8 Å². The van der Waals surface area contributed by atoms with Gasteiger partial charge in [0.15, 0.2) is 18.5 Å². The highest BCUT2D eigenvalue weighted by Gasteiger charge is 2.25. The van der Waals surface area contributed by atoms with Crippen molar-refractivity contribution in [1.82, 2.24) is 0 Å². The zero-order valence-corrected chi connectivity index (χ0v) is 7.93. The van der Waals surface area contributed by atoms with Crippen LogP contribution >= 0.6 is 0 Å². The zero-order chi connectivity index (χ0) is 11.1. The van der Waals surface area contributed by atoms with E-state index in [0.29, 0.717) is 6.29 Å². The van der Waals surface area contributed by atoms with Crippen LogP contribution in [-0.4, -0.2) is 42.1 Å². The summed E-state index contributed by atoms with van der Waals surface area (Å²) in [7, 11) is 0. The molecule has 0 radical (unpaired) electrons. The minimum atomic E-state index is -1.26. The lowest BCUT2D eigenvalue weighted by Gasteiger charge is -2.19. The Morgan fingerprint density at radius 1 is 1.29 bits per heavy atom.